The number of nitro benzene ring substituents is 1. The van der Waals surface area contributed by atoms with E-state index in [4.69, 9.17) is 0 Å². The maximum absolute atomic E-state index is 10.9. The van der Waals surface area contributed by atoms with Crippen molar-refractivity contribution in [1.82, 2.24) is 9.80 Å². The lowest BCUT2D eigenvalue weighted by Gasteiger charge is -2.18. The minimum absolute atomic E-state index is 0.124. The highest BCUT2D eigenvalue weighted by molar-refractivity contribution is 9.10. The second-order valence-corrected chi connectivity index (χ2v) is 5.69. The van der Waals surface area contributed by atoms with Crippen LogP contribution in [0.3, 0.4) is 0 Å². The number of nitro groups is 1. The van der Waals surface area contributed by atoms with Gasteiger partial charge in [-0.2, -0.15) is 0 Å². The van der Waals surface area contributed by atoms with Gasteiger partial charge in [-0.3, -0.25) is 10.1 Å². The van der Waals surface area contributed by atoms with Crippen LogP contribution in [0.15, 0.2) is 22.7 Å². The Bertz CT molecular complexity index is 438. The summed E-state index contributed by atoms with van der Waals surface area (Å²) in [4.78, 5) is 14.8. The lowest BCUT2D eigenvalue weighted by atomic mass is 10.2. The minimum Gasteiger partial charge on any atom is -0.309 e. The molecule has 0 aliphatic carbocycles. The van der Waals surface area contributed by atoms with E-state index in [-0.39, 0.29) is 10.6 Å². The maximum atomic E-state index is 10.9. The van der Waals surface area contributed by atoms with Gasteiger partial charge in [0, 0.05) is 12.6 Å². The van der Waals surface area contributed by atoms with Gasteiger partial charge in [0.05, 0.1) is 9.40 Å². The first-order valence-electron chi connectivity index (χ1n) is 6.17. The van der Waals surface area contributed by atoms with E-state index in [1.165, 1.54) is 6.07 Å². The lowest BCUT2D eigenvalue weighted by molar-refractivity contribution is -0.385. The van der Waals surface area contributed by atoms with Gasteiger partial charge in [0.25, 0.3) is 5.69 Å². The van der Waals surface area contributed by atoms with Crippen molar-refractivity contribution in [2.45, 2.75) is 13.0 Å². The number of hydrogen-bond acceptors (Lipinski definition) is 4. The summed E-state index contributed by atoms with van der Waals surface area (Å²) in [5, 5.41) is 10.9. The molecule has 1 aromatic rings. The Balaban J connectivity index is 2.61. The monoisotopic (exact) mass is 329 g/mol. The van der Waals surface area contributed by atoms with Gasteiger partial charge in [-0.05, 0) is 62.1 Å². The molecule has 6 heteroatoms. The average molecular weight is 330 g/mol. The molecule has 0 heterocycles. The zero-order chi connectivity index (χ0) is 14.4. The highest BCUT2D eigenvalue weighted by Gasteiger charge is 2.15. The van der Waals surface area contributed by atoms with E-state index >= 15 is 0 Å². The smallest absolute Gasteiger partial charge is 0.283 e. The molecule has 0 atom stereocenters. The van der Waals surface area contributed by atoms with Crippen molar-refractivity contribution in [3.8, 4) is 0 Å². The van der Waals surface area contributed by atoms with Crippen molar-refractivity contribution >= 4 is 21.6 Å². The summed E-state index contributed by atoms with van der Waals surface area (Å²) in [6.07, 6.45) is 1.08. The summed E-state index contributed by atoms with van der Waals surface area (Å²) in [5.74, 6) is 0. The van der Waals surface area contributed by atoms with Crippen molar-refractivity contribution in [2.24, 2.45) is 0 Å². The molecule has 0 saturated heterocycles. The summed E-state index contributed by atoms with van der Waals surface area (Å²) >= 11 is 3.33. The first-order valence-corrected chi connectivity index (χ1v) is 6.96. The van der Waals surface area contributed by atoms with Crippen LogP contribution in [0.4, 0.5) is 5.69 Å². The number of benzene rings is 1. The molecule has 0 aliphatic rings. The molecule has 0 saturated carbocycles. The Morgan fingerprint density at radius 1 is 1.26 bits per heavy atom. The molecule has 0 spiro atoms. The average Bonchev–Trinajstić information content (AvgIpc) is 2.31. The molecule has 5 nitrogen and oxygen atoms in total. The Kier molecular flexibility index (Phi) is 6.41. The third kappa shape index (κ3) is 5.26. The van der Waals surface area contributed by atoms with Crippen LogP contribution in [0.1, 0.15) is 12.0 Å². The quantitative estimate of drug-likeness (QED) is 0.570. The van der Waals surface area contributed by atoms with E-state index in [1.807, 2.05) is 13.1 Å². The van der Waals surface area contributed by atoms with Crippen LogP contribution in [-0.2, 0) is 6.54 Å². The van der Waals surface area contributed by atoms with Gasteiger partial charge < -0.3 is 9.80 Å². The summed E-state index contributed by atoms with van der Waals surface area (Å²) in [5.41, 5.74) is 1.07. The van der Waals surface area contributed by atoms with Gasteiger partial charge in [-0.25, -0.2) is 0 Å². The molecule has 19 heavy (non-hydrogen) atoms. The van der Waals surface area contributed by atoms with E-state index < -0.39 is 0 Å². The van der Waals surface area contributed by atoms with Gasteiger partial charge in [0.1, 0.15) is 0 Å². The van der Waals surface area contributed by atoms with Crippen molar-refractivity contribution in [2.75, 3.05) is 34.2 Å². The highest BCUT2D eigenvalue weighted by Crippen LogP contribution is 2.28. The fourth-order valence-corrected chi connectivity index (χ4v) is 2.39. The van der Waals surface area contributed by atoms with Gasteiger partial charge in [0.15, 0.2) is 0 Å². The van der Waals surface area contributed by atoms with E-state index in [0.717, 1.165) is 25.1 Å². The third-order valence-corrected chi connectivity index (χ3v) is 3.76. The lowest BCUT2D eigenvalue weighted by Crippen LogP contribution is -2.23. The van der Waals surface area contributed by atoms with Crippen LogP contribution in [0.5, 0.6) is 0 Å². The predicted molar refractivity (Wildman–Crippen MR) is 80.3 cm³/mol. The molecule has 0 radical (unpaired) electrons. The van der Waals surface area contributed by atoms with Crippen LogP contribution in [0, 0.1) is 10.1 Å². The summed E-state index contributed by atoms with van der Waals surface area (Å²) in [6.45, 7) is 2.71. The van der Waals surface area contributed by atoms with Crippen molar-refractivity contribution in [3.63, 3.8) is 0 Å². The molecular weight excluding hydrogens is 310 g/mol. The second-order valence-electron chi connectivity index (χ2n) is 4.90. The normalized spacial score (nSPS) is 11.3. The molecule has 106 valence electrons. The van der Waals surface area contributed by atoms with Gasteiger partial charge in [-0.15, -0.1) is 0 Å². The number of rotatable bonds is 7. The third-order valence-electron chi connectivity index (χ3n) is 2.84. The fraction of sp³-hybridized carbons (Fsp3) is 0.538. The molecular formula is C13H20BrN3O2. The van der Waals surface area contributed by atoms with Crippen LogP contribution in [-0.4, -0.2) is 49.0 Å². The molecule has 0 bridgehead atoms. The van der Waals surface area contributed by atoms with E-state index in [2.05, 4.69) is 39.8 Å². The molecule has 0 aliphatic heterocycles. The highest BCUT2D eigenvalue weighted by atomic mass is 79.9. The van der Waals surface area contributed by atoms with Crippen molar-refractivity contribution in [3.05, 3.63) is 38.3 Å². The van der Waals surface area contributed by atoms with E-state index in [1.54, 1.807) is 6.07 Å². The summed E-state index contributed by atoms with van der Waals surface area (Å²) < 4.78 is 0.583. The molecule has 0 aromatic heterocycles. The molecule has 0 unspecified atom stereocenters. The minimum atomic E-state index is -0.361. The number of hydrogen-bond donors (Lipinski definition) is 0. The predicted octanol–water partition coefficient (Wildman–Crippen LogP) is 2.74. The van der Waals surface area contributed by atoms with E-state index in [0.29, 0.717) is 11.0 Å². The zero-order valence-corrected chi connectivity index (χ0v) is 13.2. The molecule has 1 rings (SSSR count). The molecule has 0 amide bonds. The van der Waals surface area contributed by atoms with Crippen molar-refractivity contribution < 1.29 is 4.92 Å². The Morgan fingerprint density at radius 2 is 1.95 bits per heavy atom. The molecule has 0 N–H and O–H groups in total. The van der Waals surface area contributed by atoms with Gasteiger partial charge in [-0.1, -0.05) is 12.1 Å². The van der Waals surface area contributed by atoms with Gasteiger partial charge in [0.2, 0.25) is 0 Å². The van der Waals surface area contributed by atoms with E-state index in [9.17, 15) is 10.1 Å². The first kappa shape index (κ1) is 16.1. The standard InChI is InChI=1S/C13H20BrN3O2/c1-15(2)8-5-9-16(3)10-11-6-4-7-12(13(11)14)17(18)19/h4,6-7H,5,8-10H2,1-3H3. The van der Waals surface area contributed by atoms with Crippen LogP contribution in [0.25, 0.3) is 0 Å². The Morgan fingerprint density at radius 3 is 2.53 bits per heavy atom. The number of nitrogens with zero attached hydrogens (tertiary/aromatic N) is 3. The number of halogens is 1. The topological polar surface area (TPSA) is 49.6 Å². The van der Waals surface area contributed by atoms with Crippen LogP contribution in [0.2, 0.25) is 0 Å². The largest absolute Gasteiger partial charge is 0.309 e. The van der Waals surface area contributed by atoms with Crippen LogP contribution < -0.4 is 0 Å². The summed E-state index contributed by atoms with van der Waals surface area (Å²) in [7, 11) is 6.13. The second kappa shape index (κ2) is 7.57. The SMILES string of the molecule is CN(C)CCCN(C)Cc1cccc([N+](=O)[O-])c1Br. The summed E-state index contributed by atoms with van der Waals surface area (Å²) in [6, 6.07) is 5.16. The Hall–Kier alpha value is -0.980. The molecule has 1 aromatic carbocycles. The van der Waals surface area contributed by atoms with Crippen molar-refractivity contribution in [1.29, 1.82) is 0 Å². The Labute approximate surface area is 122 Å². The molecule has 0 fully saturated rings. The first-order chi connectivity index (χ1) is 8.91. The maximum Gasteiger partial charge on any atom is 0.283 e. The van der Waals surface area contributed by atoms with Crippen LogP contribution >= 0.6 is 15.9 Å². The fourth-order valence-electron chi connectivity index (χ4n) is 1.86. The zero-order valence-electron chi connectivity index (χ0n) is 11.6. The van der Waals surface area contributed by atoms with Gasteiger partial charge >= 0.3 is 0 Å².